The van der Waals surface area contributed by atoms with E-state index in [1.165, 1.54) is 94.0 Å². The van der Waals surface area contributed by atoms with Crippen molar-refractivity contribution in [2.24, 2.45) is 0 Å². The van der Waals surface area contributed by atoms with Gasteiger partial charge in [0.2, 0.25) is 0 Å². The molecule has 12 rings (SSSR count). The van der Waals surface area contributed by atoms with E-state index in [-0.39, 0.29) is 0 Å². The Morgan fingerprint density at radius 1 is 0.258 bits per heavy atom. The first-order valence-corrected chi connectivity index (χ1v) is 22.7. The molecule has 0 spiro atoms. The van der Waals surface area contributed by atoms with E-state index < -0.39 is 0 Å². The molecule has 0 aliphatic heterocycles. The van der Waals surface area contributed by atoms with Crippen LogP contribution in [0, 0.1) is 0 Å². The lowest BCUT2D eigenvalue weighted by Gasteiger charge is -2.26. The molecule has 2 aromatic heterocycles. The third-order valence-electron chi connectivity index (χ3n) is 13.0. The minimum Gasteiger partial charge on any atom is -0.315 e. The van der Waals surface area contributed by atoms with E-state index in [1.807, 2.05) is 0 Å². The highest BCUT2D eigenvalue weighted by Gasteiger charge is 2.18. The van der Waals surface area contributed by atoms with Crippen molar-refractivity contribution < 1.29 is 0 Å². The minimum atomic E-state index is 1.09. The summed E-state index contributed by atoms with van der Waals surface area (Å²) in [4.78, 5) is 2.35. The van der Waals surface area contributed by atoms with Gasteiger partial charge in [-0.2, -0.15) is 0 Å². The number of fused-ring (bicyclic) bond motifs is 5. The van der Waals surface area contributed by atoms with Gasteiger partial charge in [0.25, 0.3) is 0 Å². The van der Waals surface area contributed by atoms with Gasteiger partial charge in [0.05, 0.1) is 11.0 Å². The summed E-state index contributed by atoms with van der Waals surface area (Å²) in [5, 5.41) is 3.82. The van der Waals surface area contributed by atoms with Crippen LogP contribution in [0.25, 0.3) is 94.0 Å². The first kappa shape index (κ1) is 38.9. The van der Waals surface area contributed by atoms with E-state index in [2.05, 4.69) is 276 Å². The molecule has 0 unspecified atom stereocenters. The first-order chi connectivity index (χ1) is 32.7. The number of rotatable bonds is 9. The van der Waals surface area contributed by atoms with Gasteiger partial charge < -0.3 is 9.30 Å². The van der Waals surface area contributed by atoms with Crippen LogP contribution in [0.15, 0.2) is 267 Å². The van der Waals surface area contributed by atoms with Gasteiger partial charge in [-0.25, -0.2) is 0 Å². The fourth-order valence-electron chi connectivity index (χ4n) is 9.76. The third-order valence-corrected chi connectivity index (χ3v) is 13.0. The van der Waals surface area contributed by atoms with Crippen molar-refractivity contribution in [1.82, 2.24) is 4.40 Å². The molecule has 0 bridgehead atoms. The highest BCUT2D eigenvalue weighted by molar-refractivity contribution is 6.18. The third kappa shape index (κ3) is 7.12. The van der Waals surface area contributed by atoms with Crippen molar-refractivity contribution in [2.75, 3.05) is 4.90 Å². The second-order valence-electron chi connectivity index (χ2n) is 16.9. The van der Waals surface area contributed by atoms with Crippen molar-refractivity contribution >= 4 is 44.3 Å². The maximum absolute atomic E-state index is 2.38. The van der Waals surface area contributed by atoms with Crippen LogP contribution in [0.4, 0.5) is 17.1 Å². The summed E-state index contributed by atoms with van der Waals surface area (Å²) in [7, 11) is 0. The van der Waals surface area contributed by atoms with Crippen LogP contribution in [0.3, 0.4) is 0 Å². The number of hydrogen-bond donors (Lipinski definition) is 0. The standard InChI is InChI=1S/C64H44N2/c1-4-14-45(15-5-1)47-28-36-55(37-29-47)66(57-40-32-52(33-41-57)59-22-13-12-21-58(59)50-16-6-2-7-17-50)56-38-30-48(31-39-56)46-24-26-49(27-25-46)54-35-43-61-63(53-19-8-3-9-20-53)64-60-23-11-10-18-51(60)34-42-62(64)65(61)44-54/h1-44H. The summed E-state index contributed by atoms with van der Waals surface area (Å²) in [6.07, 6.45) is 2.30. The molecule has 0 atom stereocenters. The van der Waals surface area contributed by atoms with Crippen molar-refractivity contribution in [2.45, 2.75) is 0 Å². The zero-order chi connectivity index (χ0) is 43.8. The predicted octanol–water partition coefficient (Wildman–Crippen LogP) is 17.7. The molecule has 310 valence electrons. The Labute approximate surface area is 385 Å². The Kier molecular flexibility index (Phi) is 9.89. The molecule has 0 fully saturated rings. The average Bonchev–Trinajstić information content (AvgIpc) is 3.74. The van der Waals surface area contributed by atoms with Gasteiger partial charge >= 0.3 is 0 Å². The van der Waals surface area contributed by atoms with Gasteiger partial charge in [-0.15, -0.1) is 0 Å². The number of nitrogens with zero attached hydrogens (tertiary/aromatic N) is 2. The number of benzene rings is 10. The summed E-state index contributed by atoms with van der Waals surface area (Å²) < 4.78 is 2.38. The molecular weight excluding hydrogens is 797 g/mol. The Morgan fingerprint density at radius 2 is 0.636 bits per heavy atom. The lowest BCUT2D eigenvalue weighted by Crippen LogP contribution is -2.09. The molecule has 0 N–H and O–H groups in total. The molecule has 0 saturated carbocycles. The predicted molar refractivity (Wildman–Crippen MR) is 280 cm³/mol. The van der Waals surface area contributed by atoms with Crippen LogP contribution in [-0.4, -0.2) is 4.40 Å². The topological polar surface area (TPSA) is 7.65 Å². The van der Waals surface area contributed by atoms with E-state index in [1.54, 1.807) is 0 Å². The molecule has 0 aliphatic rings. The van der Waals surface area contributed by atoms with Crippen LogP contribution in [0.1, 0.15) is 0 Å². The summed E-state index contributed by atoms with van der Waals surface area (Å²) in [6.45, 7) is 0. The highest BCUT2D eigenvalue weighted by Crippen LogP contribution is 2.42. The molecule has 2 nitrogen and oxygen atoms in total. The summed E-state index contributed by atoms with van der Waals surface area (Å²) in [5.74, 6) is 0. The van der Waals surface area contributed by atoms with Crippen LogP contribution >= 0.6 is 0 Å². The molecule has 66 heavy (non-hydrogen) atoms. The number of hydrogen-bond acceptors (Lipinski definition) is 1. The summed E-state index contributed by atoms with van der Waals surface area (Å²) >= 11 is 0. The fourth-order valence-corrected chi connectivity index (χ4v) is 9.76. The van der Waals surface area contributed by atoms with Crippen LogP contribution < -0.4 is 4.90 Å². The molecule has 10 aromatic carbocycles. The minimum absolute atomic E-state index is 1.09. The van der Waals surface area contributed by atoms with Gasteiger partial charge in [-0.1, -0.05) is 212 Å². The monoisotopic (exact) mass is 840 g/mol. The van der Waals surface area contributed by atoms with Crippen LogP contribution in [-0.2, 0) is 0 Å². The van der Waals surface area contributed by atoms with E-state index in [4.69, 9.17) is 0 Å². The number of aromatic nitrogens is 1. The van der Waals surface area contributed by atoms with E-state index in [0.29, 0.717) is 0 Å². The Balaban J connectivity index is 0.872. The van der Waals surface area contributed by atoms with Crippen LogP contribution in [0.2, 0.25) is 0 Å². The number of anilines is 3. The van der Waals surface area contributed by atoms with Gasteiger partial charge in [0.15, 0.2) is 0 Å². The van der Waals surface area contributed by atoms with Crippen molar-refractivity contribution in [1.29, 1.82) is 0 Å². The van der Waals surface area contributed by atoms with Gasteiger partial charge in [0, 0.05) is 34.2 Å². The quantitative estimate of drug-likeness (QED) is 0.140. The Hall–Kier alpha value is -8.72. The highest BCUT2D eigenvalue weighted by atomic mass is 15.1. The van der Waals surface area contributed by atoms with Crippen molar-refractivity contribution in [3.05, 3.63) is 267 Å². The molecule has 2 heteroatoms. The largest absolute Gasteiger partial charge is 0.315 e. The second-order valence-corrected chi connectivity index (χ2v) is 16.9. The molecule has 0 aliphatic carbocycles. The molecule has 0 amide bonds. The van der Waals surface area contributed by atoms with E-state index >= 15 is 0 Å². The van der Waals surface area contributed by atoms with Gasteiger partial charge in [-0.3, -0.25) is 0 Å². The van der Waals surface area contributed by atoms with Crippen LogP contribution in [0.5, 0.6) is 0 Å². The lowest BCUT2D eigenvalue weighted by molar-refractivity contribution is 1.26. The van der Waals surface area contributed by atoms with Crippen molar-refractivity contribution in [3.63, 3.8) is 0 Å². The Bertz CT molecular complexity index is 3630. The fraction of sp³-hybridized carbons (Fsp3) is 0. The Morgan fingerprint density at radius 3 is 1.20 bits per heavy atom. The van der Waals surface area contributed by atoms with Gasteiger partial charge in [0.1, 0.15) is 0 Å². The molecule has 0 saturated heterocycles. The summed E-state index contributed by atoms with van der Waals surface area (Å²) in [6, 6.07) is 94.3. The zero-order valence-electron chi connectivity index (χ0n) is 36.3. The maximum atomic E-state index is 2.38. The number of pyridine rings is 1. The van der Waals surface area contributed by atoms with E-state index in [9.17, 15) is 0 Å². The second kappa shape index (κ2) is 16.8. The first-order valence-electron chi connectivity index (χ1n) is 22.7. The molecule has 12 aromatic rings. The molecule has 2 heterocycles. The maximum Gasteiger partial charge on any atom is 0.0541 e. The van der Waals surface area contributed by atoms with Gasteiger partial charge in [-0.05, 0) is 121 Å². The SMILES string of the molecule is c1ccc(-c2ccc(N(c3ccc(-c4ccc(-c5ccc6c(-c7ccccc7)c7c8ccccc8ccc7n6c5)cc4)cc3)c3ccc(-c4ccccc4-c4ccccc4)cc3)cc2)cc1. The molecule has 0 radical (unpaired) electrons. The zero-order valence-corrected chi connectivity index (χ0v) is 36.3. The molecular formula is C64H44N2. The lowest BCUT2D eigenvalue weighted by atomic mass is 9.94. The normalized spacial score (nSPS) is 11.3. The smallest absolute Gasteiger partial charge is 0.0541 e. The van der Waals surface area contributed by atoms with E-state index in [0.717, 1.165) is 17.1 Å². The van der Waals surface area contributed by atoms with Crippen molar-refractivity contribution in [3.8, 4) is 66.8 Å². The average molecular weight is 841 g/mol. The summed E-state index contributed by atoms with van der Waals surface area (Å²) in [5.41, 5.74) is 20.2.